The van der Waals surface area contributed by atoms with Crippen molar-refractivity contribution in [3.05, 3.63) is 30.0 Å². The predicted molar refractivity (Wildman–Crippen MR) is 108 cm³/mol. The van der Waals surface area contributed by atoms with Gasteiger partial charge in [0.25, 0.3) is 0 Å². The largest absolute Gasteiger partial charge is 0.366 e. The lowest BCUT2D eigenvalue weighted by atomic mass is 10.1. The topological polar surface area (TPSA) is 50.7 Å². The van der Waals surface area contributed by atoms with Gasteiger partial charge in [-0.15, -0.1) is 11.3 Å². The van der Waals surface area contributed by atoms with Crippen LogP contribution < -0.4 is 5.32 Å². The van der Waals surface area contributed by atoms with Crippen molar-refractivity contribution in [3.8, 4) is 10.6 Å². The highest BCUT2D eigenvalue weighted by molar-refractivity contribution is 7.98. The maximum Gasteiger partial charge on any atom is 0.189 e. The predicted octanol–water partition coefficient (Wildman–Crippen LogP) is 5.38. The van der Waals surface area contributed by atoms with Crippen LogP contribution in [0.3, 0.4) is 0 Å². The highest BCUT2D eigenvalue weighted by atomic mass is 32.2. The summed E-state index contributed by atoms with van der Waals surface area (Å²) in [6, 6.07) is 8.76. The van der Waals surface area contributed by atoms with Crippen LogP contribution in [0.2, 0.25) is 0 Å². The maximum atomic E-state index is 4.85. The van der Waals surface area contributed by atoms with Crippen LogP contribution in [0.1, 0.15) is 31.9 Å². The van der Waals surface area contributed by atoms with Gasteiger partial charge in [0, 0.05) is 6.04 Å². The monoisotopic (exact) mass is 370 g/mol. The molecular weight excluding hydrogens is 348 g/mol. The molecule has 1 aliphatic rings. The van der Waals surface area contributed by atoms with Crippen molar-refractivity contribution in [1.29, 1.82) is 0 Å². The summed E-state index contributed by atoms with van der Waals surface area (Å²) >= 11 is 3.30. The quantitative estimate of drug-likeness (QED) is 0.493. The normalized spacial score (nSPS) is 20.3. The number of nitrogens with zero attached hydrogens (tertiary/aromatic N) is 3. The molecule has 2 atom stereocenters. The van der Waals surface area contributed by atoms with Crippen molar-refractivity contribution in [2.45, 2.75) is 44.3 Å². The van der Waals surface area contributed by atoms with E-state index in [0.717, 1.165) is 32.8 Å². The molecule has 4 nitrogen and oxygen atoms in total. The number of rotatable bonds is 4. The molecule has 3 aromatic rings. The Morgan fingerprint density at radius 3 is 2.72 bits per heavy atom. The molecule has 1 saturated carbocycles. The van der Waals surface area contributed by atoms with Gasteiger partial charge in [0.1, 0.15) is 10.8 Å². The number of fused-ring (bicyclic) bond motifs is 1. The van der Waals surface area contributed by atoms with Crippen LogP contribution in [-0.4, -0.2) is 27.2 Å². The number of hydrogen-bond donors (Lipinski definition) is 1. The molecule has 4 rings (SSSR count). The van der Waals surface area contributed by atoms with Crippen LogP contribution >= 0.6 is 23.1 Å². The number of aryl methyl sites for hydroxylation is 1. The molecule has 0 spiro atoms. The molecule has 2 aromatic heterocycles. The van der Waals surface area contributed by atoms with Crippen molar-refractivity contribution in [2.24, 2.45) is 5.92 Å². The smallest absolute Gasteiger partial charge is 0.189 e. The summed E-state index contributed by atoms with van der Waals surface area (Å²) in [6.45, 7) is 4.39. The third-order valence-electron chi connectivity index (χ3n) is 4.94. The van der Waals surface area contributed by atoms with Gasteiger partial charge in [0.15, 0.2) is 5.16 Å². The van der Waals surface area contributed by atoms with E-state index in [-0.39, 0.29) is 0 Å². The first-order chi connectivity index (χ1) is 12.2. The van der Waals surface area contributed by atoms with Gasteiger partial charge in [-0.1, -0.05) is 37.2 Å². The van der Waals surface area contributed by atoms with Crippen LogP contribution in [0.15, 0.2) is 29.4 Å². The Kier molecular flexibility index (Phi) is 4.65. The Morgan fingerprint density at radius 1 is 1.16 bits per heavy atom. The zero-order valence-electron chi connectivity index (χ0n) is 14.7. The molecule has 0 amide bonds. The molecule has 0 bridgehead atoms. The third kappa shape index (κ3) is 3.25. The summed E-state index contributed by atoms with van der Waals surface area (Å²) in [5.74, 6) is 1.62. The number of aromatic nitrogens is 3. The number of benzene rings is 1. The molecule has 0 saturated heterocycles. The second-order valence-electron chi connectivity index (χ2n) is 6.67. The minimum Gasteiger partial charge on any atom is -0.366 e. The molecule has 25 heavy (non-hydrogen) atoms. The van der Waals surface area contributed by atoms with E-state index in [1.807, 2.05) is 12.3 Å². The van der Waals surface area contributed by atoms with Gasteiger partial charge >= 0.3 is 0 Å². The Morgan fingerprint density at radius 2 is 2.00 bits per heavy atom. The van der Waals surface area contributed by atoms with Gasteiger partial charge in [-0.3, -0.25) is 0 Å². The van der Waals surface area contributed by atoms with Gasteiger partial charge < -0.3 is 5.32 Å². The summed E-state index contributed by atoms with van der Waals surface area (Å²) in [5.41, 5.74) is 3.08. The molecule has 130 valence electrons. The summed E-state index contributed by atoms with van der Waals surface area (Å²) in [4.78, 5) is 14.3. The minimum atomic E-state index is 0.483. The van der Waals surface area contributed by atoms with Crippen molar-refractivity contribution in [2.75, 3.05) is 11.6 Å². The van der Waals surface area contributed by atoms with Gasteiger partial charge in [0.05, 0.1) is 21.5 Å². The lowest BCUT2D eigenvalue weighted by Crippen LogP contribution is -2.23. The first-order valence-corrected chi connectivity index (χ1v) is 10.7. The molecular formula is C19H22N4S2. The van der Waals surface area contributed by atoms with E-state index in [4.69, 9.17) is 9.97 Å². The van der Waals surface area contributed by atoms with Crippen molar-refractivity contribution < 1.29 is 0 Å². The number of hydrogen-bond acceptors (Lipinski definition) is 6. The zero-order chi connectivity index (χ0) is 17.4. The molecule has 1 fully saturated rings. The van der Waals surface area contributed by atoms with Crippen molar-refractivity contribution in [3.63, 3.8) is 0 Å². The van der Waals surface area contributed by atoms with Gasteiger partial charge in [-0.05, 0) is 44.1 Å². The molecule has 2 unspecified atom stereocenters. The fraction of sp³-hybridized carbons (Fsp3) is 0.421. The zero-order valence-corrected chi connectivity index (χ0v) is 16.4. The Bertz CT molecular complexity index is 873. The number of thioether (sulfide) groups is 1. The maximum absolute atomic E-state index is 4.85. The number of nitrogens with one attached hydrogen (secondary N) is 1. The van der Waals surface area contributed by atoms with Crippen LogP contribution in [0, 0.1) is 12.8 Å². The standard InChI is InChI=1S/C19H22N4S2/c1-11-7-6-9-13(11)21-17-16(12(2)20-19(23-17)24-3)18-22-14-8-4-5-10-15(14)25-18/h4-5,8,10-11,13H,6-7,9H2,1-3H3,(H,20,21,23). The van der Waals surface area contributed by atoms with Gasteiger partial charge in [0.2, 0.25) is 0 Å². The average Bonchev–Trinajstić information content (AvgIpc) is 3.20. The molecule has 1 aromatic carbocycles. The fourth-order valence-electron chi connectivity index (χ4n) is 3.51. The molecule has 0 radical (unpaired) electrons. The number of thiazole rings is 1. The lowest BCUT2D eigenvalue weighted by molar-refractivity contribution is 0.554. The lowest BCUT2D eigenvalue weighted by Gasteiger charge is -2.20. The highest BCUT2D eigenvalue weighted by Gasteiger charge is 2.26. The second kappa shape index (κ2) is 6.92. The van der Waals surface area contributed by atoms with Crippen molar-refractivity contribution >= 4 is 39.1 Å². The van der Waals surface area contributed by atoms with Crippen LogP contribution in [0.5, 0.6) is 0 Å². The molecule has 0 aliphatic heterocycles. The van der Waals surface area contributed by atoms with Crippen LogP contribution in [-0.2, 0) is 0 Å². The second-order valence-corrected chi connectivity index (χ2v) is 8.47. The Hall–Kier alpha value is -1.66. The van der Waals surface area contributed by atoms with E-state index in [0.29, 0.717) is 12.0 Å². The summed E-state index contributed by atoms with van der Waals surface area (Å²) in [6.07, 6.45) is 5.80. The van der Waals surface area contributed by atoms with Crippen molar-refractivity contribution in [1.82, 2.24) is 15.0 Å². The number of para-hydroxylation sites is 1. The van der Waals surface area contributed by atoms with E-state index in [1.165, 1.54) is 24.0 Å². The Balaban J connectivity index is 1.82. The van der Waals surface area contributed by atoms with Crippen LogP contribution in [0.25, 0.3) is 20.8 Å². The fourth-order valence-corrected chi connectivity index (χ4v) is 4.99. The van der Waals surface area contributed by atoms with Gasteiger partial charge in [-0.2, -0.15) is 0 Å². The third-order valence-corrected chi connectivity index (χ3v) is 6.54. The highest BCUT2D eigenvalue weighted by Crippen LogP contribution is 2.38. The summed E-state index contributed by atoms with van der Waals surface area (Å²) < 4.78 is 1.20. The van der Waals surface area contributed by atoms with Crippen LogP contribution in [0.4, 0.5) is 5.82 Å². The summed E-state index contributed by atoms with van der Waals surface area (Å²) in [5, 5.41) is 5.53. The summed E-state index contributed by atoms with van der Waals surface area (Å²) in [7, 11) is 0. The van der Waals surface area contributed by atoms with E-state index in [2.05, 4.69) is 42.3 Å². The average molecular weight is 371 g/mol. The molecule has 1 N–H and O–H groups in total. The van der Waals surface area contributed by atoms with E-state index in [1.54, 1.807) is 23.1 Å². The molecule has 1 aliphatic carbocycles. The van der Waals surface area contributed by atoms with E-state index < -0.39 is 0 Å². The van der Waals surface area contributed by atoms with E-state index in [9.17, 15) is 0 Å². The molecule has 2 heterocycles. The van der Waals surface area contributed by atoms with E-state index >= 15 is 0 Å². The SMILES string of the molecule is CSc1nc(C)c(-c2nc3ccccc3s2)c(NC2CCCC2C)n1. The first-order valence-electron chi connectivity index (χ1n) is 8.71. The first kappa shape index (κ1) is 16.8. The Labute approximate surface area is 156 Å². The van der Waals surface area contributed by atoms with Gasteiger partial charge in [-0.25, -0.2) is 15.0 Å². The molecule has 6 heteroatoms. The number of anilines is 1. The minimum absolute atomic E-state index is 0.483.